The maximum absolute atomic E-state index is 4.18. The summed E-state index contributed by atoms with van der Waals surface area (Å²) in [5.74, 6) is 0.713. The van der Waals surface area contributed by atoms with Crippen LogP contribution < -0.4 is 5.32 Å². The number of nitrogens with one attached hydrogen (secondary N) is 1. The van der Waals surface area contributed by atoms with Crippen molar-refractivity contribution in [3.63, 3.8) is 0 Å². The average Bonchev–Trinajstić information content (AvgIpc) is 2.82. The van der Waals surface area contributed by atoms with Crippen LogP contribution in [0.4, 0.5) is 0 Å². The Morgan fingerprint density at radius 1 is 1.37 bits per heavy atom. The van der Waals surface area contributed by atoms with E-state index in [1.165, 1.54) is 0 Å². The summed E-state index contributed by atoms with van der Waals surface area (Å²) in [6, 6.07) is 0. The molecule has 110 valence electrons. The standard InChI is InChI=1S/C14H29N5/c1-5-7-15-10-14-12-19(17-16-14)9-8-18(6-2)11-13(3)4/h12-13,15H,5-11H2,1-4H3. The second-order valence-electron chi connectivity index (χ2n) is 5.44. The van der Waals surface area contributed by atoms with E-state index in [4.69, 9.17) is 0 Å². The van der Waals surface area contributed by atoms with Gasteiger partial charge < -0.3 is 10.2 Å². The molecule has 0 saturated heterocycles. The van der Waals surface area contributed by atoms with Crippen LogP contribution in [0.5, 0.6) is 0 Å². The molecule has 19 heavy (non-hydrogen) atoms. The Morgan fingerprint density at radius 2 is 2.16 bits per heavy atom. The quantitative estimate of drug-likeness (QED) is 0.656. The van der Waals surface area contributed by atoms with Crippen molar-refractivity contribution in [2.45, 2.75) is 47.2 Å². The first-order chi connectivity index (χ1) is 9.15. The van der Waals surface area contributed by atoms with Crippen LogP contribution in [0, 0.1) is 5.92 Å². The van der Waals surface area contributed by atoms with Crippen LogP contribution in [0.1, 0.15) is 39.8 Å². The van der Waals surface area contributed by atoms with Gasteiger partial charge in [-0.25, -0.2) is 0 Å². The van der Waals surface area contributed by atoms with Crippen LogP contribution in [0.2, 0.25) is 0 Å². The minimum Gasteiger partial charge on any atom is -0.311 e. The lowest BCUT2D eigenvalue weighted by Crippen LogP contribution is -2.31. The summed E-state index contributed by atoms with van der Waals surface area (Å²) in [6.45, 7) is 14.9. The molecule has 0 amide bonds. The molecule has 5 heteroatoms. The van der Waals surface area contributed by atoms with Crippen molar-refractivity contribution in [2.24, 2.45) is 5.92 Å². The van der Waals surface area contributed by atoms with Crippen LogP contribution in [-0.4, -0.2) is 46.1 Å². The Hall–Kier alpha value is -0.940. The third-order valence-electron chi connectivity index (χ3n) is 3.03. The zero-order valence-corrected chi connectivity index (χ0v) is 12.9. The number of likely N-dealkylation sites (N-methyl/N-ethyl adjacent to an activating group) is 1. The van der Waals surface area contributed by atoms with E-state index in [0.29, 0.717) is 5.92 Å². The molecule has 0 atom stereocenters. The second-order valence-corrected chi connectivity index (χ2v) is 5.44. The maximum atomic E-state index is 4.18. The van der Waals surface area contributed by atoms with Gasteiger partial charge in [-0.15, -0.1) is 5.10 Å². The predicted octanol–water partition coefficient (Wildman–Crippen LogP) is 1.76. The van der Waals surface area contributed by atoms with Gasteiger partial charge in [-0.2, -0.15) is 0 Å². The lowest BCUT2D eigenvalue weighted by Gasteiger charge is -2.22. The highest BCUT2D eigenvalue weighted by Gasteiger charge is 2.06. The summed E-state index contributed by atoms with van der Waals surface area (Å²) in [4.78, 5) is 2.46. The van der Waals surface area contributed by atoms with Crippen LogP contribution in [0.25, 0.3) is 0 Å². The van der Waals surface area contributed by atoms with Gasteiger partial charge in [0.15, 0.2) is 0 Å². The summed E-state index contributed by atoms with van der Waals surface area (Å²) in [5, 5.41) is 11.7. The summed E-state index contributed by atoms with van der Waals surface area (Å²) < 4.78 is 1.95. The first-order valence-electron chi connectivity index (χ1n) is 7.47. The molecular formula is C14H29N5. The topological polar surface area (TPSA) is 46.0 Å². The Labute approximate surface area is 117 Å². The monoisotopic (exact) mass is 267 g/mol. The number of nitrogens with zero attached hydrogens (tertiary/aromatic N) is 4. The van der Waals surface area contributed by atoms with E-state index in [0.717, 1.165) is 51.4 Å². The minimum absolute atomic E-state index is 0.713. The van der Waals surface area contributed by atoms with Gasteiger partial charge in [0.05, 0.1) is 12.2 Å². The van der Waals surface area contributed by atoms with Crippen LogP contribution in [-0.2, 0) is 13.1 Å². The Balaban J connectivity index is 2.32. The smallest absolute Gasteiger partial charge is 0.0964 e. The van der Waals surface area contributed by atoms with Gasteiger partial charge in [-0.05, 0) is 25.4 Å². The molecule has 1 aromatic heterocycles. The molecule has 0 radical (unpaired) electrons. The molecule has 0 aliphatic rings. The van der Waals surface area contributed by atoms with E-state index in [1.54, 1.807) is 0 Å². The van der Waals surface area contributed by atoms with Crippen LogP contribution in [0.15, 0.2) is 6.20 Å². The van der Waals surface area contributed by atoms with E-state index in [2.05, 4.69) is 48.2 Å². The van der Waals surface area contributed by atoms with E-state index in [-0.39, 0.29) is 0 Å². The fraction of sp³-hybridized carbons (Fsp3) is 0.857. The largest absolute Gasteiger partial charge is 0.311 e. The van der Waals surface area contributed by atoms with Gasteiger partial charge in [0, 0.05) is 25.8 Å². The summed E-state index contributed by atoms with van der Waals surface area (Å²) in [6.07, 6.45) is 3.20. The van der Waals surface area contributed by atoms with Crippen LogP contribution in [0.3, 0.4) is 0 Å². The van der Waals surface area contributed by atoms with Crippen molar-refractivity contribution in [3.8, 4) is 0 Å². The molecule has 0 fully saturated rings. The van der Waals surface area contributed by atoms with Gasteiger partial charge in [0.2, 0.25) is 0 Å². The molecule has 1 heterocycles. The number of aromatic nitrogens is 3. The number of hydrogen-bond donors (Lipinski definition) is 1. The zero-order valence-electron chi connectivity index (χ0n) is 12.9. The van der Waals surface area contributed by atoms with Gasteiger partial charge in [0.25, 0.3) is 0 Å². The highest BCUT2D eigenvalue weighted by molar-refractivity contribution is 4.91. The summed E-state index contributed by atoms with van der Waals surface area (Å²) >= 11 is 0. The fourth-order valence-corrected chi connectivity index (χ4v) is 2.06. The zero-order chi connectivity index (χ0) is 14.1. The molecular weight excluding hydrogens is 238 g/mol. The predicted molar refractivity (Wildman–Crippen MR) is 79.0 cm³/mol. The molecule has 5 nitrogen and oxygen atoms in total. The molecule has 0 bridgehead atoms. The second kappa shape index (κ2) is 9.04. The SMILES string of the molecule is CCCNCc1cn(CCN(CC)CC(C)C)nn1. The summed E-state index contributed by atoms with van der Waals surface area (Å²) in [7, 11) is 0. The van der Waals surface area contributed by atoms with E-state index in [9.17, 15) is 0 Å². The Morgan fingerprint density at radius 3 is 2.79 bits per heavy atom. The average molecular weight is 267 g/mol. The third kappa shape index (κ3) is 6.68. The molecule has 0 unspecified atom stereocenters. The molecule has 0 aliphatic heterocycles. The Kier molecular flexibility index (Phi) is 7.67. The maximum Gasteiger partial charge on any atom is 0.0964 e. The van der Waals surface area contributed by atoms with Gasteiger partial charge >= 0.3 is 0 Å². The minimum atomic E-state index is 0.713. The molecule has 0 saturated carbocycles. The van der Waals surface area contributed by atoms with Crippen molar-refractivity contribution < 1.29 is 0 Å². The first-order valence-corrected chi connectivity index (χ1v) is 7.47. The molecule has 1 rings (SSSR count). The molecule has 1 N–H and O–H groups in total. The molecule has 1 aromatic rings. The summed E-state index contributed by atoms with van der Waals surface area (Å²) in [5.41, 5.74) is 1.03. The van der Waals surface area contributed by atoms with Crippen molar-refractivity contribution >= 4 is 0 Å². The van der Waals surface area contributed by atoms with Crippen molar-refractivity contribution in [1.29, 1.82) is 0 Å². The van der Waals surface area contributed by atoms with E-state index >= 15 is 0 Å². The van der Waals surface area contributed by atoms with Crippen molar-refractivity contribution in [3.05, 3.63) is 11.9 Å². The van der Waals surface area contributed by atoms with Gasteiger partial charge in [-0.3, -0.25) is 4.68 Å². The van der Waals surface area contributed by atoms with Gasteiger partial charge in [-0.1, -0.05) is 32.9 Å². The number of rotatable bonds is 10. The normalized spacial score (nSPS) is 11.7. The van der Waals surface area contributed by atoms with Crippen LogP contribution >= 0.6 is 0 Å². The highest BCUT2D eigenvalue weighted by Crippen LogP contribution is 1.99. The fourth-order valence-electron chi connectivity index (χ4n) is 2.06. The van der Waals surface area contributed by atoms with Crippen molar-refractivity contribution in [1.82, 2.24) is 25.2 Å². The van der Waals surface area contributed by atoms with Crippen molar-refractivity contribution in [2.75, 3.05) is 26.2 Å². The van der Waals surface area contributed by atoms with E-state index in [1.807, 2.05) is 10.9 Å². The van der Waals surface area contributed by atoms with E-state index < -0.39 is 0 Å². The number of hydrogen-bond acceptors (Lipinski definition) is 4. The third-order valence-corrected chi connectivity index (χ3v) is 3.03. The highest BCUT2D eigenvalue weighted by atomic mass is 15.4. The molecule has 0 aromatic carbocycles. The molecule has 0 aliphatic carbocycles. The Bertz CT molecular complexity index is 334. The first kappa shape index (κ1) is 16.1. The molecule has 0 spiro atoms. The lowest BCUT2D eigenvalue weighted by molar-refractivity contribution is 0.242. The van der Waals surface area contributed by atoms with Gasteiger partial charge in [0.1, 0.15) is 0 Å². The lowest BCUT2D eigenvalue weighted by atomic mass is 10.2.